The number of hydrogen-bond donors (Lipinski definition) is 1. The molecular formula is C14H18N4. The summed E-state index contributed by atoms with van der Waals surface area (Å²) in [4.78, 5) is 2.38. The van der Waals surface area contributed by atoms with E-state index in [4.69, 9.17) is 5.73 Å². The van der Waals surface area contributed by atoms with Crippen LogP contribution in [0.2, 0.25) is 0 Å². The summed E-state index contributed by atoms with van der Waals surface area (Å²) in [6.45, 7) is 3.98. The highest BCUT2D eigenvalue weighted by Crippen LogP contribution is 2.31. The summed E-state index contributed by atoms with van der Waals surface area (Å²) in [5, 5.41) is 4.39. The van der Waals surface area contributed by atoms with Gasteiger partial charge in [0.1, 0.15) is 0 Å². The average Bonchev–Trinajstić information content (AvgIpc) is 2.84. The highest BCUT2D eigenvalue weighted by Gasteiger charge is 2.20. The smallest absolute Gasteiger partial charge is 0.0599 e. The Morgan fingerprint density at radius 1 is 1.33 bits per heavy atom. The minimum Gasteiger partial charge on any atom is -0.399 e. The van der Waals surface area contributed by atoms with Gasteiger partial charge in [-0.15, -0.1) is 0 Å². The predicted molar refractivity (Wildman–Crippen MR) is 73.6 cm³/mol. The van der Waals surface area contributed by atoms with Crippen molar-refractivity contribution in [2.75, 3.05) is 17.2 Å². The van der Waals surface area contributed by atoms with Crippen molar-refractivity contribution < 1.29 is 0 Å². The van der Waals surface area contributed by atoms with Crippen LogP contribution in [0.5, 0.6) is 0 Å². The molecule has 94 valence electrons. The topological polar surface area (TPSA) is 47.1 Å². The number of anilines is 2. The summed E-state index contributed by atoms with van der Waals surface area (Å²) < 4.78 is 1.96. The minimum absolute atomic E-state index is 0.835. The molecule has 3 rings (SSSR count). The van der Waals surface area contributed by atoms with Gasteiger partial charge < -0.3 is 10.6 Å². The Balaban J connectivity index is 1.88. The fourth-order valence-electron chi connectivity index (χ4n) is 2.63. The lowest BCUT2D eigenvalue weighted by molar-refractivity contribution is 0.684. The summed E-state index contributed by atoms with van der Waals surface area (Å²) in [7, 11) is 2.00. The number of aryl methyl sites for hydroxylation is 2. The molecule has 0 atom stereocenters. The Morgan fingerprint density at radius 3 is 2.89 bits per heavy atom. The van der Waals surface area contributed by atoms with Gasteiger partial charge in [-0.1, -0.05) is 6.07 Å². The zero-order valence-corrected chi connectivity index (χ0v) is 10.8. The van der Waals surface area contributed by atoms with Gasteiger partial charge in [0.05, 0.1) is 17.9 Å². The van der Waals surface area contributed by atoms with Crippen LogP contribution in [0.4, 0.5) is 11.4 Å². The highest BCUT2D eigenvalue weighted by molar-refractivity contribution is 5.64. The maximum atomic E-state index is 5.88. The molecule has 0 saturated carbocycles. The molecule has 0 unspecified atom stereocenters. The maximum absolute atomic E-state index is 5.88. The molecule has 1 aliphatic rings. The molecule has 1 aromatic heterocycles. The van der Waals surface area contributed by atoms with Crippen LogP contribution in [-0.2, 0) is 20.0 Å². The second-order valence-electron chi connectivity index (χ2n) is 4.96. The molecule has 0 spiro atoms. The molecule has 0 aliphatic carbocycles. The van der Waals surface area contributed by atoms with Gasteiger partial charge in [0.15, 0.2) is 0 Å². The van der Waals surface area contributed by atoms with Crippen molar-refractivity contribution in [2.24, 2.45) is 7.05 Å². The second kappa shape index (κ2) is 4.05. The summed E-state index contributed by atoms with van der Waals surface area (Å²) in [6.07, 6.45) is 1.10. The predicted octanol–water partition coefficient (Wildman–Crippen LogP) is 1.87. The molecule has 18 heavy (non-hydrogen) atoms. The highest BCUT2D eigenvalue weighted by atomic mass is 15.3. The Hall–Kier alpha value is -1.97. The van der Waals surface area contributed by atoms with E-state index in [1.807, 2.05) is 24.7 Å². The molecule has 0 fully saturated rings. The first-order chi connectivity index (χ1) is 8.63. The largest absolute Gasteiger partial charge is 0.399 e. The summed E-state index contributed by atoms with van der Waals surface area (Å²) in [6, 6.07) is 8.34. The Kier molecular flexibility index (Phi) is 2.51. The van der Waals surface area contributed by atoms with Crippen LogP contribution >= 0.6 is 0 Å². The van der Waals surface area contributed by atoms with Crippen molar-refractivity contribution >= 4 is 11.4 Å². The number of hydrogen-bond acceptors (Lipinski definition) is 3. The van der Waals surface area contributed by atoms with Gasteiger partial charge in [-0.2, -0.15) is 5.10 Å². The van der Waals surface area contributed by atoms with Gasteiger partial charge >= 0.3 is 0 Å². The van der Waals surface area contributed by atoms with E-state index >= 15 is 0 Å². The summed E-state index contributed by atoms with van der Waals surface area (Å²) in [5.74, 6) is 0. The van der Waals surface area contributed by atoms with Crippen molar-refractivity contribution in [1.82, 2.24) is 9.78 Å². The number of rotatable bonds is 2. The molecule has 0 radical (unpaired) electrons. The molecule has 1 aliphatic heterocycles. The quantitative estimate of drug-likeness (QED) is 0.818. The van der Waals surface area contributed by atoms with Crippen LogP contribution in [0.3, 0.4) is 0 Å². The third-order valence-corrected chi connectivity index (χ3v) is 3.55. The third kappa shape index (κ3) is 1.83. The first-order valence-electron chi connectivity index (χ1n) is 6.26. The van der Waals surface area contributed by atoms with Gasteiger partial charge in [-0.3, -0.25) is 4.68 Å². The van der Waals surface area contributed by atoms with Crippen LogP contribution in [0.1, 0.15) is 17.0 Å². The van der Waals surface area contributed by atoms with E-state index < -0.39 is 0 Å². The van der Waals surface area contributed by atoms with Gasteiger partial charge in [0.2, 0.25) is 0 Å². The number of nitrogens with two attached hydrogens (primary N) is 1. The zero-order chi connectivity index (χ0) is 12.7. The third-order valence-electron chi connectivity index (χ3n) is 3.55. The lowest BCUT2D eigenvalue weighted by Crippen LogP contribution is -2.21. The Labute approximate surface area is 107 Å². The number of benzene rings is 1. The lowest BCUT2D eigenvalue weighted by atomic mass is 10.1. The maximum Gasteiger partial charge on any atom is 0.0599 e. The first-order valence-corrected chi connectivity index (χ1v) is 6.26. The van der Waals surface area contributed by atoms with E-state index in [2.05, 4.69) is 28.2 Å². The van der Waals surface area contributed by atoms with Crippen molar-refractivity contribution in [3.8, 4) is 0 Å². The van der Waals surface area contributed by atoms with E-state index in [1.54, 1.807) is 0 Å². The average molecular weight is 242 g/mol. The minimum atomic E-state index is 0.835. The molecular weight excluding hydrogens is 224 g/mol. The molecule has 0 amide bonds. The zero-order valence-electron chi connectivity index (χ0n) is 10.8. The number of nitrogen functional groups attached to an aromatic ring is 1. The molecule has 2 aromatic rings. The molecule has 2 N–H and O–H groups in total. The normalized spacial score (nSPS) is 14.0. The summed E-state index contributed by atoms with van der Waals surface area (Å²) in [5.41, 5.74) is 11.7. The van der Waals surface area contributed by atoms with Gasteiger partial charge in [-0.05, 0) is 37.1 Å². The standard InChI is InChI=1S/C14H18N4/c1-10-7-13(17(2)16-10)9-18-6-5-11-3-4-12(15)8-14(11)18/h3-4,7-8H,5-6,9,15H2,1-2H3. The number of aromatic nitrogens is 2. The van der Waals surface area contributed by atoms with Crippen molar-refractivity contribution in [3.63, 3.8) is 0 Å². The van der Waals surface area contributed by atoms with E-state index in [0.717, 1.165) is 30.9 Å². The molecule has 1 aromatic carbocycles. The monoisotopic (exact) mass is 242 g/mol. The molecule has 0 saturated heterocycles. The Bertz CT molecular complexity index is 585. The van der Waals surface area contributed by atoms with Gasteiger partial charge in [0, 0.05) is 25.0 Å². The first kappa shape index (κ1) is 11.1. The van der Waals surface area contributed by atoms with E-state index in [9.17, 15) is 0 Å². The van der Waals surface area contributed by atoms with Crippen LogP contribution in [-0.4, -0.2) is 16.3 Å². The van der Waals surface area contributed by atoms with Crippen molar-refractivity contribution in [1.29, 1.82) is 0 Å². The fraction of sp³-hybridized carbons (Fsp3) is 0.357. The molecule has 2 heterocycles. The summed E-state index contributed by atoms with van der Waals surface area (Å²) >= 11 is 0. The number of fused-ring (bicyclic) bond motifs is 1. The second-order valence-corrected chi connectivity index (χ2v) is 4.96. The number of nitrogens with zero attached hydrogens (tertiary/aromatic N) is 3. The molecule has 4 nitrogen and oxygen atoms in total. The van der Waals surface area contributed by atoms with Gasteiger partial charge in [0.25, 0.3) is 0 Å². The van der Waals surface area contributed by atoms with Crippen molar-refractivity contribution in [2.45, 2.75) is 19.9 Å². The Morgan fingerprint density at radius 2 is 2.17 bits per heavy atom. The van der Waals surface area contributed by atoms with Gasteiger partial charge in [-0.25, -0.2) is 0 Å². The lowest BCUT2D eigenvalue weighted by Gasteiger charge is -2.19. The van der Waals surface area contributed by atoms with Crippen molar-refractivity contribution in [3.05, 3.63) is 41.2 Å². The SMILES string of the molecule is Cc1cc(CN2CCc3ccc(N)cc32)n(C)n1. The molecule has 0 bridgehead atoms. The van der Waals surface area contributed by atoms with E-state index in [-0.39, 0.29) is 0 Å². The van der Waals surface area contributed by atoms with Crippen LogP contribution < -0.4 is 10.6 Å². The van der Waals surface area contributed by atoms with Crippen LogP contribution in [0.15, 0.2) is 24.3 Å². The van der Waals surface area contributed by atoms with Crippen LogP contribution in [0.25, 0.3) is 0 Å². The van der Waals surface area contributed by atoms with Crippen LogP contribution in [0, 0.1) is 6.92 Å². The van der Waals surface area contributed by atoms with E-state index in [0.29, 0.717) is 0 Å². The van der Waals surface area contributed by atoms with E-state index in [1.165, 1.54) is 16.9 Å². The molecule has 4 heteroatoms. The fourth-order valence-corrected chi connectivity index (χ4v) is 2.63.